The minimum atomic E-state index is -0.129. The molecule has 0 unspecified atom stereocenters. The zero-order valence-electron chi connectivity index (χ0n) is 9.29. The summed E-state index contributed by atoms with van der Waals surface area (Å²) < 4.78 is 5.97. The van der Waals surface area contributed by atoms with Crippen LogP contribution in [0.4, 0.5) is 0 Å². The van der Waals surface area contributed by atoms with Gasteiger partial charge in [0.15, 0.2) is 0 Å². The molecule has 6 heteroatoms. The first-order valence-corrected chi connectivity index (χ1v) is 6.59. The standard InChI is InChI=1S/C11H14BrClN2O2/c12-10-6-9(7-14-8-10)11(16)15-3-1-4-17-5-2-13/h6-8H,1-5H2,(H,15,16). The second-order valence-electron chi connectivity index (χ2n) is 3.30. The Morgan fingerprint density at radius 1 is 1.47 bits per heavy atom. The summed E-state index contributed by atoms with van der Waals surface area (Å²) in [5.41, 5.74) is 0.543. The Morgan fingerprint density at radius 3 is 3.00 bits per heavy atom. The summed E-state index contributed by atoms with van der Waals surface area (Å²) in [5.74, 6) is 0.368. The highest BCUT2D eigenvalue weighted by Crippen LogP contribution is 2.09. The van der Waals surface area contributed by atoms with Crippen LogP contribution in [0, 0.1) is 0 Å². The molecular formula is C11H14BrClN2O2. The number of ether oxygens (including phenoxy) is 1. The van der Waals surface area contributed by atoms with E-state index in [1.807, 2.05) is 0 Å². The number of carbonyl (C=O) groups is 1. The number of hydrogen-bond donors (Lipinski definition) is 1. The van der Waals surface area contributed by atoms with E-state index >= 15 is 0 Å². The molecule has 1 rings (SSSR count). The average molecular weight is 322 g/mol. The first-order chi connectivity index (χ1) is 8.24. The van der Waals surface area contributed by atoms with Crippen molar-refractivity contribution >= 4 is 33.4 Å². The Kier molecular flexibility index (Phi) is 7.16. The van der Waals surface area contributed by atoms with Crippen LogP contribution in [0.5, 0.6) is 0 Å². The van der Waals surface area contributed by atoms with Crippen LogP contribution in [-0.4, -0.2) is 36.5 Å². The van der Waals surface area contributed by atoms with Gasteiger partial charge in [0.25, 0.3) is 5.91 Å². The molecule has 0 aliphatic rings. The van der Waals surface area contributed by atoms with Gasteiger partial charge < -0.3 is 10.1 Å². The van der Waals surface area contributed by atoms with Crippen LogP contribution in [0.2, 0.25) is 0 Å². The Morgan fingerprint density at radius 2 is 2.29 bits per heavy atom. The van der Waals surface area contributed by atoms with E-state index in [4.69, 9.17) is 16.3 Å². The minimum Gasteiger partial charge on any atom is -0.380 e. The lowest BCUT2D eigenvalue weighted by Crippen LogP contribution is -2.25. The highest BCUT2D eigenvalue weighted by Gasteiger charge is 2.05. The van der Waals surface area contributed by atoms with Crippen molar-refractivity contribution in [3.63, 3.8) is 0 Å². The molecular weight excluding hydrogens is 307 g/mol. The van der Waals surface area contributed by atoms with Crippen molar-refractivity contribution in [1.29, 1.82) is 0 Å². The second kappa shape index (κ2) is 8.44. The van der Waals surface area contributed by atoms with Gasteiger partial charge in [0.1, 0.15) is 0 Å². The minimum absolute atomic E-state index is 0.129. The first kappa shape index (κ1) is 14.4. The lowest BCUT2D eigenvalue weighted by atomic mass is 10.2. The normalized spacial score (nSPS) is 10.2. The largest absolute Gasteiger partial charge is 0.380 e. The molecule has 1 N–H and O–H groups in total. The Bertz CT molecular complexity index is 363. The molecule has 0 aliphatic carbocycles. The summed E-state index contributed by atoms with van der Waals surface area (Å²) in [5, 5.41) is 2.79. The number of amides is 1. The number of rotatable bonds is 7. The van der Waals surface area contributed by atoms with E-state index < -0.39 is 0 Å². The van der Waals surface area contributed by atoms with Gasteiger partial charge in [-0.05, 0) is 28.4 Å². The van der Waals surface area contributed by atoms with Crippen molar-refractivity contribution in [2.45, 2.75) is 6.42 Å². The molecule has 0 saturated heterocycles. The van der Waals surface area contributed by atoms with Gasteiger partial charge >= 0.3 is 0 Å². The summed E-state index contributed by atoms with van der Waals surface area (Å²) in [6.45, 7) is 1.72. The highest BCUT2D eigenvalue weighted by atomic mass is 79.9. The predicted octanol–water partition coefficient (Wildman–Crippen LogP) is 2.22. The zero-order valence-corrected chi connectivity index (χ0v) is 11.6. The fourth-order valence-corrected chi connectivity index (χ4v) is 1.64. The summed E-state index contributed by atoms with van der Waals surface area (Å²) in [7, 11) is 0. The maximum absolute atomic E-state index is 11.7. The average Bonchev–Trinajstić information content (AvgIpc) is 2.33. The first-order valence-electron chi connectivity index (χ1n) is 5.26. The van der Waals surface area contributed by atoms with E-state index in [9.17, 15) is 4.79 Å². The molecule has 94 valence electrons. The number of aromatic nitrogens is 1. The molecule has 0 atom stereocenters. The number of halogens is 2. The van der Waals surface area contributed by atoms with Gasteiger partial charge in [0.2, 0.25) is 0 Å². The SMILES string of the molecule is O=C(NCCCOCCCl)c1cncc(Br)c1. The van der Waals surface area contributed by atoms with Crippen LogP contribution in [0.3, 0.4) is 0 Å². The van der Waals surface area contributed by atoms with Gasteiger partial charge in [-0.15, -0.1) is 11.6 Å². The molecule has 1 heterocycles. The second-order valence-corrected chi connectivity index (χ2v) is 4.60. The molecule has 1 aromatic rings. The third-order valence-electron chi connectivity index (χ3n) is 1.94. The number of pyridine rings is 1. The fraction of sp³-hybridized carbons (Fsp3) is 0.455. The number of nitrogens with one attached hydrogen (secondary N) is 1. The van der Waals surface area contributed by atoms with Crippen LogP contribution in [0.25, 0.3) is 0 Å². The molecule has 0 bridgehead atoms. The Balaban J connectivity index is 2.21. The van der Waals surface area contributed by atoms with E-state index in [1.165, 1.54) is 6.20 Å². The van der Waals surface area contributed by atoms with Crippen LogP contribution in [0.15, 0.2) is 22.9 Å². The van der Waals surface area contributed by atoms with Crippen molar-refractivity contribution in [3.8, 4) is 0 Å². The molecule has 4 nitrogen and oxygen atoms in total. The van der Waals surface area contributed by atoms with Crippen molar-refractivity contribution < 1.29 is 9.53 Å². The molecule has 1 amide bonds. The topological polar surface area (TPSA) is 51.2 Å². The van der Waals surface area contributed by atoms with Gasteiger partial charge in [0.05, 0.1) is 12.2 Å². The van der Waals surface area contributed by atoms with Gasteiger partial charge in [0, 0.05) is 35.9 Å². The number of hydrogen-bond acceptors (Lipinski definition) is 3. The van der Waals surface area contributed by atoms with Gasteiger partial charge in [-0.1, -0.05) is 0 Å². The van der Waals surface area contributed by atoms with Crippen LogP contribution in [-0.2, 0) is 4.74 Å². The third kappa shape index (κ3) is 6.00. The van der Waals surface area contributed by atoms with E-state index in [0.29, 0.717) is 31.2 Å². The maximum atomic E-state index is 11.7. The summed E-state index contributed by atoms with van der Waals surface area (Å²) >= 11 is 8.72. The molecule has 17 heavy (non-hydrogen) atoms. The van der Waals surface area contributed by atoms with Gasteiger partial charge in [-0.2, -0.15) is 0 Å². The highest BCUT2D eigenvalue weighted by molar-refractivity contribution is 9.10. The van der Waals surface area contributed by atoms with E-state index in [1.54, 1.807) is 12.3 Å². The molecule has 1 aromatic heterocycles. The third-order valence-corrected chi connectivity index (χ3v) is 2.53. The quantitative estimate of drug-likeness (QED) is 0.619. The van der Waals surface area contributed by atoms with E-state index in [2.05, 4.69) is 26.2 Å². The van der Waals surface area contributed by atoms with E-state index in [-0.39, 0.29) is 5.91 Å². The Hall–Kier alpha value is -0.650. The molecule has 0 fully saturated rings. The lowest BCUT2D eigenvalue weighted by Gasteiger charge is -2.05. The summed E-state index contributed by atoms with van der Waals surface area (Å²) in [6.07, 6.45) is 3.94. The smallest absolute Gasteiger partial charge is 0.252 e. The van der Waals surface area contributed by atoms with Crippen molar-refractivity contribution in [2.24, 2.45) is 0 Å². The number of alkyl halides is 1. The monoisotopic (exact) mass is 320 g/mol. The van der Waals surface area contributed by atoms with Crippen LogP contribution < -0.4 is 5.32 Å². The van der Waals surface area contributed by atoms with E-state index in [0.717, 1.165) is 10.9 Å². The molecule has 0 radical (unpaired) electrons. The number of carbonyl (C=O) groups excluding carboxylic acids is 1. The van der Waals surface area contributed by atoms with Crippen LogP contribution in [0.1, 0.15) is 16.8 Å². The molecule has 0 aromatic carbocycles. The number of nitrogens with zero attached hydrogens (tertiary/aromatic N) is 1. The predicted molar refractivity (Wildman–Crippen MR) is 70.4 cm³/mol. The Labute approximate surface area is 114 Å². The van der Waals surface area contributed by atoms with Crippen molar-refractivity contribution in [2.75, 3.05) is 25.6 Å². The maximum Gasteiger partial charge on any atom is 0.252 e. The van der Waals surface area contributed by atoms with Crippen molar-refractivity contribution in [1.82, 2.24) is 10.3 Å². The molecule has 0 aliphatic heterocycles. The lowest BCUT2D eigenvalue weighted by molar-refractivity contribution is 0.0944. The molecule has 0 saturated carbocycles. The van der Waals surface area contributed by atoms with Crippen LogP contribution >= 0.6 is 27.5 Å². The summed E-state index contributed by atoms with van der Waals surface area (Å²) in [6, 6.07) is 1.73. The summed E-state index contributed by atoms with van der Waals surface area (Å²) in [4.78, 5) is 15.6. The zero-order chi connectivity index (χ0) is 12.5. The van der Waals surface area contributed by atoms with Crippen molar-refractivity contribution in [3.05, 3.63) is 28.5 Å². The van der Waals surface area contributed by atoms with Gasteiger partial charge in [-0.3, -0.25) is 9.78 Å². The fourth-order valence-electron chi connectivity index (χ4n) is 1.17. The van der Waals surface area contributed by atoms with Gasteiger partial charge in [-0.25, -0.2) is 0 Å². The molecule has 0 spiro atoms.